The van der Waals surface area contributed by atoms with Crippen molar-refractivity contribution >= 4 is 28.0 Å². The zero-order valence-electron chi connectivity index (χ0n) is 15.4. The van der Waals surface area contributed by atoms with Crippen LogP contribution in [0.4, 0.5) is 0 Å². The van der Waals surface area contributed by atoms with Crippen molar-refractivity contribution < 1.29 is 9.59 Å². The molecule has 4 rings (SSSR count). The van der Waals surface area contributed by atoms with Crippen LogP contribution >= 0.6 is 15.9 Å². The number of carbonyl (C=O) groups excluding carboxylic acids is 2. The third kappa shape index (κ3) is 2.27. The maximum absolute atomic E-state index is 12.1. The van der Waals surface area contributed by atoms with Crippen LogP contribution in [0.1, 0.15) is 59.3 Å². The van der Waals surface area contributed by atoms with Gasteiger partial charge in [-0.25, -0.2) is 0 Å². The lowest BCUT2D eigenvalue weighted by Gasteiger charge is -2.54. The van der Waals surface area contributed by atoms with E-state index in [2.05, 4.69) is 42.8 Å². The van der Waals surface area contributed by atoms with Gasteiger partial charge in [-0.15, -0.1) is 0 Å². The molecule has 0 bridgehead atoms. The van der Waals surface area contributed by atoms with Crippen LogP contribution in [0.25, 0.3) is 0 Å². The topological polar surface area (TPSA) is 34.1 Å². The highest BCUT2D eigenvalue weighted by Gasteiger charge is 2.56. The molecule has 0 saturated heterocycles. The summed E-state index contributed by atoms with van der Waals surface area (Å²) in [5.41, 5.74) is 4.28. The molecule has 4 aliphatic rings. The van der Waals surface area contributed by atoms with Crippen molar-refractivity contribution in [2.24, 2.45) is 28.6 Å². The van der Waals surface area contributed by atoms with Crippen molar-refractivity contribution in [3.05, 3.63) is 33.4 Å². The van der Waals surface area contributed by atoms with Crippen molar-refractivity contribution in [2.75, 3.05) is 0 Å². The smallest absolute Gasteiger partial charge is 0.156 e. The summed E-state index contributed by atoms with van der Waals surface area (Å²) in [7, 11) is 0. The molecule has 0 heterocycles. The summed E-state index contributed by atoms with van der Waals surface area (Å²) in [6.07, 6.45) is 11.3. The summed E-state index contributed by atoms with van der Waals surface area (Å²) in [6, 6.07) is 0. The van der Waals surface area contributed by atoms with E-state index in [0.717, 1.165) is 25.5 Å². The number of allylic oxidation sites excluding steroid dienone is 6. The molecule has 0 aromatic heterocycles. The van der Waals surface area contributed by atoms with E-state index < -0.39 is 0 Å². The Kier molecular flexibility index (Phi) is 4.03. The fourth-order valence-electron chi connectivity index (χ4n) is 6.55. The van der Waals surface area contributed by atoms with E-state index in [-0.39, 0.29) is 22.5 Å². The number of fused-ring (bicyclic) bond motifs is 5. The molecule has 2 nitrogen and oxygen atoms in total. The van der Waals surface area contributed by atoms with Crippen molar-refractivity contribution in [1.82, 2.24) is 0 Å². The molecule has 0 spiro atoms. The van der Waals surface area contributed by atoms with Gasteiger partial charge in [-0.3, -0.25) is 4.79 Å². The lowest BCUT2D eigenvalue weighted by atomic mass is 9.49. The summed E-state index contributed by atoms with van der Waals surface area (Å²) < 4.78 is 1.31. The highest BCUT2D eigenvalue weighted by atomic mass is 79.9. The molecule has 0 amide bonds. The molecular formula is C22H27BrO2. The molecule has 0 aromatic carbocycles. The van der Waals surface area contributed by atoms with Crippen LogP contribution in [0, 0.1) is 28.6 Å². The minimum Gasteiger partial charge on any atom is -0.303 e. The average molecular weight is 403 g/mol. The molecule has 3 heteroatoms. The number of carbonyl (C=O) groups is 2. The van der Waals surface area contributed by atoms with Crippen LogP contribution in [0.15, 0.2) is 33.4 Å². The second kappa shape index (κ2) is 5.77. The molecule has 0 radical (unpaired) electrons. The standard InChI is InChI=1S/C22H27BrO2/c1-13(23)18-6-7-19-17-5-4-14-10-16(25)11-15(12-24)22(14,3)20(17)8-9-21(18,19)2/h8,10,12,15,17,19H,4-7,9,11H2,1-3H3/t15?,17-,19-,21+,22+/m0/s1. The molecule has 134 valence electrons. The monoisotopic (exact) mass is 402 g/mol. The van der Waals surface area contributed by atoms with E-state index in [9.17, 15) is 9.59 Å². The maximum Gasteiger partial charge on any atom is 0.156 e. The lowest BCUT2D eigenvalue weighted by molar-refractivity contribution is -0.122. The Morgan fingerprint density at radius 1 is 1.28 bits per heavy atom. The van der Waals surface area contributed by atoms with Crippen LogP contribution < -0.4 is 0 Å². The van der Waals surface area contributed by atoms with Crippen molar-refractivity contribution in [1.29, 1.82) is 0 Å². The highest BCUT2D eigenvalue weighted by molar-refractivity contribution is 9.11. The van der Waals surface area contributed by atoms with Gasteiger partial charge in [-0.1, -0.05) is 52.6 Å². The van der Waals surface area contributed by atoms with Gasteiger partial charge in [0.15, 0.2) is 5.78 Å². The van der Waals surface area contributed by atoms with Gasteiger partial charge in [0.05, 0.1) is 0 Å². The van der Waals surface area contributed by atoms with Gasteiger partial charge in [0.1, 0.15) is 6.29 Å². The van der Waals surface area contributed by atoms with E-state index >= 15 is 0 Å². The quantitative estimate of drug-likeness (QED) is 0.426. The van der Waals surface area contributed by atoms with Gasteiger partial charge in [0.2, 0.25) is 0 Å². The summed E-state index contributed by atoms with van der Waals surface area (Å²) in [6.45, 7) is 6.85. The molecule has 0 aliphatic heterocycles. The average Bonchev–Trinajstić information content (AvgIpc) is 2.92. The van der Waals surface area contributed by atoms with Gasteiger partial charge in [0, 0.05) is 17.8 Å². The van der Waals surface area contributed by atoms with Crippen LogP contribution in [0.2, 0.25) is 0 Å². The van der Waals surface area contributed by atoms with Gasteiger partial charge in [-0.05, 0) is 66.8 Å². The number of aldehydes is 1. The predicted molar refractivity (Wildman–Crippen MR) is 103 cm³/mol. The number of rotatable bonds is 1. The van der Waals surface area contributed by atoms with Crippen molar-refractivity contribution in [3.8, 4) is 0 Å². The number of hydrogen-bond acceptors (Lipinski definition) is 2. The Hall–Kier alpha value is -0.960. The van der Waals surface area contributed by atoms with E-state index in [1.54, 1.807) is 5.57 Å². The minimum absolute atomic E-state index is 0.130. The largest absolute Gasteiger partial charge is 0.303 e. The summed E-state index contributed by atoms with van der Waals surface area (Å²) >= 11 is 3.75. The summed E-state index contributed by atoms with van der Waals surface area (Å²) in [4.78, 5) is 23.9. The second-order valence-electron chi connectivity index (χ2n) is 8.87. The van der Waals surface area contributed by atoms with Crippen LogP contribution in [0.5, 0.6) is 0 Å². The van der Waals surface area contributed by atoms with Gasteiger partial charge < -0.3 is 4.79 Å². The Labute approximate surface area is 159 Å². The zero-order chi connectivity index (χ0) is 18.0. The van der Waals surface area contributed by atoms with Crippen LogP contribution in [0.3, 0.4) is 0 Å². The van der Waals surface area contributed by atoms with Crippen molar-refractivity contribution in [2.45, 2.75) is 59.3 Å². The normalized spacial score (nSPS) is 45.0. The SMILES string of the molecule is CC(Br)=C1CC[C@H]2[C@@H]3CCC4=CC(=O)CC(C=O)[C@]4(C)C3=CC[C@]12C. The summed E-state index contributed by atoms with van der Waals surface area (Å²) in [5.74, 6) is 1.16. The van der Waals surface area contributed by atoms with E-state index in [1.807, 2.05) is 6.08 Å². The first-order valence-corrected chi connectivity index (χ1v) is 10.4. The predicted octanol–water partition coefficient (Wildman–Crippen LogP) is 5.53. The van der Waals surface area contributed by atoms with E-state index in [0.29, 0.717) is 18.3 Å². The highest BCUT2D eigenvalue weighted by Crippen LogP contribution is 2.65. The molecule has 0 aromatic rings. The first kappa shape index (κ1) is 17.5. The molecular weight excluding hydrogens is 376 g/mol. The maximum atomic E-state index is 12.1. The first-order chi connectivity index (χ1) is 11.8. The molecule has 0 N–H and O–H groups in total. The molecule has 4 aliphatic carbocycles. The van der Waals surface area contributed by atoms with Gasteiger partial charge in [-0.2, -0.15) is 0 Å². The zero-order valence-corrected chi connectivity index (χ0v) is 17.0. The Bertz CT molecular complexity index is 739. The number of halogens is 1. The Balaban J connectivity index is 1.82. The minimum atomic E-state index is -0.226. The summed E-state index contributed by atoms with van der Waals surface area (Å²) in [5, 5.41) is 0. The third-order valence-electron chi connectivity index (χ3n) is 7.91. The van der Waals surface area contributed by atoms with E-state index in [1.165, 1.54) is 28.5 Å². The third-order valence-corrected chi connectivity index (χ3v) is 8.39. The van der Waals surface area contributed by atoms with Gasteiger partial charge >= 0.3 is 0 Å². The lowest BCUT2D eigenvalue weighted by Crippen LogP contribution is -2.47. The number of hydrogen-bond donors (Lipinski definition) is 0. The molecule has 25 heavy (non-hydrogen) atoms. The second-order valence-corrected chi connectivity index (χ2v) is 10.1. The molecule has 2 fully saturated rings. The fraction of sp³-hybridized carbons (Fsp3) is 0.636. The number of ketones is 1. The molecule has 1 unspecified atom stereocenters. The van der Waals surface area contributed by atoms with E-state index in [4.69, 9.17) is 0 Å². The molecule has 5 atom stereocenters. The Morgan fingerprint density at radius 3 is 2.72 bits per heavy atom. The molecule has 2 saturated carbocycles. The van der Waals surface area contributed by atoms with Crippen LogP contribution in [-0.2, 0) is 9.59 Å². The van der Waals surface area contributed by atoms with Crippen LogP contribution in [-0.4, -0.2) is 12.1 Å². The van der Waals surface area contributed by atoms with Crippen molar-refractivity contribution in [3.63, 3.8) is 0 Å². The first-order valence-electron chi connectivity index (χ1n) is 9.57. The fourth-order valence-corrected chi connectivity index (χ4v) is 7.20. The van der Waals surface area contributed by atoms with Gasteiger partial charge in [0.25, 0.3) is 0 Å². The Morgan fingerprint density at radius 2 is 2.04 bits per heavy atom.